The number of nitrogens with one attached hydrogen (secondary N) is 1. The first-order chi connectivity index (χ1) is 11.0. The van der Waals surface area contributed by atoms with Crippen LogP contribution in [0.5, 0.6) is 11.5 Å². The molecule has 2 aromatic carbocycles. The molecule has 5 heteroatoms. The average molecular weight is 334 g/mol. The maximum Gasteiger partial charge on any atom is 0.261 e. The topological polar surface area (TPSA) is 47.6 Å². The van der Waals surface area contributed by atoms with Gasteiger partial charge in [-0.15, -0.1) is 0 Å². The summed E-state index contributed by atoms with van der Waals surface area (Å²) in [6, 6.07) is 12.9. The van der Waals surface area contributed by atoms with Gasteiger partial charge in [-0.1, -0.05) is 23.7 Å². The molecule has 0 radical (unpaired) electrons. The molecule has 4 nitrogen and oxygen atoms in total. The molecule has 0 aliphatic heterocycles. The first-order valence-electron chi connectivity index (χ1n) is 7.33. The van der Waals surface area contributed by atoms with Crippen molar-refractivity contribution in [1.29, 1.82) is 0 Å². The summed E-state index contributed by atoms with van der Waals surface area (Å²) in [5.74, 6) is 1.27. The molecule has 0 spiro atoms. The molecule has 0 saturated heterocycles. The third-order valence-electron chi connectivity index (χ3n) is 3.44. The van der Waals surface area contributed by atoms with Crippen LogP contribution in [0.2, 0.25) is 5.02 Å². The summed E-state index contributed by atoms with van der Waals surface area (Å²) in [6.45, 7) is 4.05. The first kappa shape index (κ1) is 17.2. The number of hydrogen-bond donors (Lipinski definition) is 1. The molecule has 0 heterocycles. The number of carbonyl (C=O) groups is 1. The summed E-state index contributed by atoms with van der Waals surface area (Å²) < 4.78 is 10.8. The van der Waals surface area contributed by atoms with Gasteiger partial charge >= 0.3 is 0 Å². The standard InChI is InChI=1S/C18H20ClNO3/c1-12-10-15(19)6-9-17(12)23-13(2)18(21)20-11-14-4-7-16(22-3)8-5-14/h4-10,13H,11H2,1-3H3,(H,20,21)/t13-/m1/s1. The van der Waals surface area contributed by atoms with Crippen molar-refractivity contribution in [1.82, 2.24) is 5.32 Å². The van der Waals surface area contributed by atoms with Crippen LogP contribution in [0.25, 0.3) is 0 Å². The second kappa shape index (κ2) is 7.88. The van der Waals surface area contributed by atoms with E-state index in [0.717, 1.165) is 16.9 Å². The largest absolute Gasteiger partial charge is 0.497 e. The smallest absolute Gasteiger partial charge is 0.261 e. The van der Waals surface area contributed by atoms with Gasteiger partial charge in [0.2, 0.25) is 0 Å². The van der Waals surface area contributed by atoms with Crippen molar-refractivity contribution in [3.05, 3.63) is 58.6 Å². The number of amides is 1. The normalized spacial score (nSPS) is 11.7. The fourth-order valence-electron chi connectivity index (χ4n) is 2.07. The van der Waals surface area contributed by atoms with Crippen molar-refractivity contribution in [2.75, 3.05) is 7.11 Å². The van der Waals surface area contributed by atoms with Gasteiger partial charge in [0.1, 0.15) is 11.5 Å². The number of methoxy groups -OCH3 is 1. The number of aryl methyl sites for hydroxylation is 1. The zero-order chi connectivity index (χ0) is 16.8. The molecule has 0 unspecified atom stereocenters. The van der Waals surface area contributed by atoms with Crippen LogP contribution in [-0.4, -0.2) is 19.1 Å². The fraction of sp³-hybridized carbons (Fsp3) is 0.278. The Morgan fingerprint density at radius 2 is 1.91 bits per heavy atom. The van der Waals surface area contributed by atoms with Crippen LogP contribution in [0.4, 0.5) is 0 Å². The minimum Gasteiger partial charge on any atom is -0.497 e. The van der Waals surface area contributed by atoms with Crippen molar-refractivity contribution >= 4 is 17.5 Å². The molecule has 1 amide bonds. The summed E-state index contributed by atoms with van der Waals surface area (Å²) in [5.41, 5.74) is 1.89. The van der Waals surface area contributed by atoms with E-state index in [0.29, 0.717) is 17.3 Å². The monoisotopic (exact) mass is 333 g/mol. The van der Waals surface area contributed by atoms with Crippen LogP contribution in [-0.2, 0) is 11.3 Å². The summed E-state index contributed by atoms with van der Waals surface area (Å²) in [6.07, 6.45) is -0.590. The number of halogens is 1. The molecule has 1 atom stereocenters. The van der Waals surface area contributed by atoms with Crippen LogP contribution in [0.3, 0.4) is 0 Å². The second-order valence-corrected chi connectivity index (χ2v) is 5.67. The predicted octanol–water partition coefficient (Wildman–Crippen LogP) is 3.74. The molecular formula is C18H20ClNO3. The van der Waals surface area contributed by atoms with E-state index >= 15 is 0 Å². The minimum absolute atomic E-state index is 0.171. The number of benzene rings is 2. The fourth-order valence-corrected chi connectivity index (χ4v) is 2.29. The third-order valence-corrected chi connectivity index (χ3v) is 3.67. The summed E-state index contributed by atoms with van der Waals surface area (Å²) in [5, 5.41) is 3.50. The summed E-state index contributed by atoms with van der Waals surface area (Å²) in [7, 11) is 1.62. The highest BCUT2D eigenvalue weighted by Gasteiger charge is 2.15. The molecule has 1 N–H and O–H groups in total. The minimum atomic E-state index is -0.590. The molecule has 0 aliphatic rings. The van der Waals surface area contributed by atoms with Gasteiger partial charge in [0.05, 0.1) is 7.11 Å². The molecule has 0 aliphatic carbocycles. The Morgan fingerprint density at radius 3 is 2.52 bits per heavy atom. The molecule has 0 saturated carbocycles. The molecule has 0 fully saturated rings. The number of ether oxygens (including phenoxy) is 2. The number of carbonyl (C=O) groups excluding carboxylic acids is 1. The Hall–Kier alpha value is -2.20. The van der Waals surface area contributed by atoms with E-state index in [9.17, 15) is 4.79 Å². The van der Waals surface area contributed by atoms with Gasteiger partial charge in [-0.25, -0.2) is 0 Å². The van der Waals surface area contributed by atoms with Gasteiger partial charge < -0.3 is 14.8 Å². The van der Waals surface area contributed by atoms with Crippen molar-refractivity contribution in [2.24, 2.45) is 0 Å². The molecule has 23 heavy (non-hydrogen) atoms. The van der Waals surface area contributed by atoms with Gasteiger partial charge in [-0.05, 0) is 55.3 Å². The Kier molecular flexibility index (Phi) is 5.88. The van der Waals surface area contributed by atoms with E-state index in [4.69, 9.17) is 21.1 Å². The van der Waals surface area contributed by atoms with Gasteiger partial charge in [-0.3, -0.25) is 4.79 Å². The molecule has 0 bridgehead atoms. The highest BCUT2D eigenvalue weighted by molar-refractivity contribution is 6.30. The molecule has 2 rings (SSSR count). The predicted molar refractivity (Wildman–Crippen MR) is 91.1 cm³/mol. The lowest BCUT2D eigenvalue weighted by molar-refractivity contribution is -0.127. The van der Waals surface area contributed by atoms with Gasteiger partial charge in [0.25, 0.3) is 5.91 Å². The number of rotatable bonds is 6. The maximum atomic E-state index is 12.1. The summed E-state index contributed by atoms with van der Waals surface area (Å²) >= 11 is 5.91. The Morgan fingerprint density at radius 1 is 1.22 bits per heavy atom. The molecule has 122 valence electrons. The SMILES string of the molecule is COc1ccc(CNC(=O)[C@@H](C)Oc2ccc(Cl)cc2C)cc1. The number of hydrogen-bond acceptors (Lipinski definition) is 3. The van der Waals surface area contributed by atoms with Crippen LogP contribution in [0, 0.1) is 6.92 Å². The highest BCUT2D eigenvalue weighted by atomic mass is 35.5. The quantitative estimate of drug-likeness (QED) is 0.876. The highest BCUT2D eigenvalue weighted by Crippen LogP contribution is 2.22. The lowest BCUT2D eigenvalue weighted by Crippen LogP contribution is -2.36. The third kappa shape index (κ3) is 4.89. The van der Waals surface area contributed by atoms with E-state index in [1.165, 1.54) is 0 Å². The van der Waals surface area contributed by atoms with Gasteiger partial charge in [0.15, 0.2) is 6.10 Å². The van der Waals surface area contributed by atoms with Crippen molar-refractivity contribution < 1.29 is 14.3 Å². The Bertz CT molecular complexity index is 670. The Labute approximate surface area is 141 Å². The van der Waals surface area contributed by atoms with Crippen LogP contribution < -0.4 is 14.8 Å². The molecule has 2 aromatic rings. The molecular weight excluding hydrogens is 314 g/mol. The van der Waals surface area contributed by atoms with E-state index in [1.807, 2.05) is 31.2 Å². The van der Waals surface area contributed by atoms with Crippen LogP contribution in [0.15, 0.2) is 42.5 Å². The van der Waals surface area contributed by atoms with E-state index in [2.05, 4.69) is 5.32 Å². The molecule has 0 aromatic heterocycles. The second-order valence-electron chi connectivity index (χ2n) is 5.24. The Balaban J connectivity index is 1.89. The lowest BCUT2D eigenvalue weighted by atomic mass is 10.2. The van der Waals surface area contributed by atoms with Gasteiger partial charge in [-0.2, -0.15) is 0 Å². The van der Waals surface area contributed by atoms with Crippen LogP contribution >= 0.6 is 11.6 Å². The van der Waals surface area contributed by atoms with Crippen LogP contribution in [0.1, 0.15) is 18.1 Å². The zero-order valence-electron chi connectivity index (χ0n) is 13.4. The van der Waals surface area contributed by atoms with E-state index in [-0.39, 0.29) is 5.91 Å². The van der Waals surface area contributed by atoms with Crippen molar-refractivity contribution in [2.45, 2.75) is 26.5 Å². The van der Waals surface area contributed by atoms with E-state index in [1.54, 1.807) is 32.2 Å². The average Bonchev–Trinajstić information content (AvgIpc) is 2.55. The summed E-state index contributed by atoms with van der Waals surface area (Å²) in [4.78, 5) is 12.1. The van der Waals surface area contributed by atoms with Crippen molar-refractivity contribution in [3.8, 4) is 11.5 Å². The first-order valence-corrected chi connectivity index (χ1v) is 7.71. The van der Waals surface area contributed by atoms with E-state index < -0.39 is 6.10 Å². The maximum absolute atomic E-state index is 12.1. The lowest BCUT2D eigenvalue weighted by Gasteiger charge is -2.16. The van der Waals surface area contributed by atoms with Crippen molar-refractivity contribution in [3.63, 3.8) is 0 Å². The van der Waals surface area contributed by atoms with Gasteiger partial charge in [0, 0.05) is 11.6 Å². The zero-order valence-corrected chi connectivity index (χ0v) is 14.2.